The first kappa shape index (κ1) is 23.4. The van der Waals surface area contributed by atoms with E-state index in [2.05, 4.69) is 25.9 Å². The van der Waals surface area contributed by atoms with Gasteiger partial charge >= 0.3 is 0 Å². The van der Waals surface area contributed by atoms with Crippen LogP contribution in [0.25, 0.3) is 0 Å². The van der Waals surface area contributed by atoms with E-state index in [0.29, 0.717) is 19.5 Å². The zero-order valence-corrected chi connectivity index (χ0v) is 19.2. The van der Waals surface area contributed by atoms with Gasteiger partial charge in [-0.15, -0.1) is 35.3 Å². The van der Waals surface area contributed by atoms with Crippen molar-refractivity contribution < 1.29 is 4.79 Å². The van der Waals surface area contributed by atoms with Crippen LogP contribution in [0, 0.1) is 6.92 Å². The summed E-state index contributed by atoms with van der Waals surface area (Å²) in [6.07, 6.45) is 3.25. The molecule has 148 valence electrons. The van der Waals surface area contributed by atoms with Gasteiger partial charge in [0.15, 0.2) is 5.96 Å². The summed E-state index contributed by atoms with van der Waals surface area (Å²) >= 11 is 1.68. The van der Waals surface area contributed by atoms with Crippen molar-refractivity contribution in [3.8, 4) is 0 Å². The zero-order chi connectivity index (χ0) is 18.8. The molecule has 0 aliphatic heterocycles. The Kier molecular flexibility index (Phi) is 11.0. The van der Waals surface area contributed by atoms with Gasteiger partial charge in [0.25, 0.3) is 0 Å². The molecule has 1 aromatic heterocycles. The molecule has 8 heteroatoms. The molecule has 0 spiro atoms. The van der Waals surface area contributed by atoms with Gasteiger partial charge in [0.05, 0.1) is 13.1 Å². The number of carbonyl (C=O) groups is 1. The van der Waals surface area contributed by atoms with Crippen molar-refractivity contribution in [1.82, 2.24) is 15.6 Å². The topological polar surface area (TPSA) is 78.4 Å². The molecule has 0 fully saturated rings. The Labute approximate surface area is 182 Å². The molecule has 0 saturated carbocycles. The molecule has 27 heavy (non-hydrogen) atoms. The van der Waals surface area contributed by atoms with E-state index in [-0.39, 0.29) is 29.9 Å². The molecule has 1 amide bonds. The average molecular weight is 501 g/mol. The fraction of sp³-hybridized carbons (Fsp3) is 0.421. The normalized spacial score (nSPS) is 10.9. The van der Waals surface area contributed by atoms with Gasteiger partial charge in [-0.2, -0.15) is 0 Å². The molecule has 0 aliphatic carbocycles. The lowest BCUT2D eigenvalue weighted by atomic mass is 10.2. The maximum absolute atomic E-state index is 11.7. The maximum atomic E-state index is 11.7. The number of rotatable bonds is 8. The molecule has 0 radical (unpaired) electrons. The summed E-state index contributed by atoms with van der Waals surface area (Å²) in [5.74, 6) is 0.794. The molecular formula is C19H28IN5OS. The molecule has 2 rings (SSSR count). The summed E-state index contributed by atoms with van der Waals surface area (Å²) in [5.41, 5.74) is 1.86. The minimum absolute atomic E-state index is 0. The largest absolute Gasteiger partial charge is 0.357 e. The van der Waals surface area contributed by atoms with E-state index in [0.717, 1.165) is 35.2 Å². The van der Waals surface area contributed by atoms with E-state index in [1.165, 1.54) is 4.88 Å². The minimum Gasteiger partial charge on any atom is -0.357 e. The number of carbonyl (C=O) groups excluding carboxylic acids is 1. The van der Waals surface area contributed by atoms with Crippen LogP contribution in [0.1, 0.15) is 42.1 Å². The summed E-state index contributed by atoms with van der Waals surface area (Å²) in [4.78, 5) is 21.9. The Hall–Kier alpha value is -1.68. The van der Waals surface area contributed by atoms with E-state index in [4.69, 9.17) is 0 Å². The fourth-order valence-electron chi connectivity index (χ4n) is 2.35. The van der Waals surface area contributed by atoms with Gasteiger partial charge in [0.1, 0.15) is 5.01 Å². The zero-order valence-electron chi connectivity index (χ0n) is 16.0. The van der Waals surface area contributed by atoms with Gasteiger partial charge in [-0.05, 0) is 38.0 Å². The molecule has 0 saturated heterocycles. The number of guanidine groups is 1. The lowest BCUT2D eigenvalue weighted by Gasteiger charge is -2.10. The SMILES string of the molecule is CCCC(=O)Nc1cccc(CN=C(NCC)NCc2ncc(C)s2)c1.I. The maximum Gasteiger partial charge on any atom is 0.224 e. The van der Waals surface area contributed by atoms with E-state index < -0.39 is 0 Å². The molecule has 3 N–H and O–H groups in total. The van der Waals surface area contributed by atoms with Gasteiger partial charge in [-0.25, -0.2) is 9.98 Å². The van der Waals surface area contributed by atoms with Crippen molar-refractivity contribution in [2.45, 2.75) is 46.7 Å². The Balaban J connectivity index is 0.00000364. The molecular weight excluding hydrogens is 473 g/mol. The highest BCUT2D eigenvalue weighted by Crippen LogP contribution is 2.13. The van der Waals surface area contributed by atoms with Gasteiger partial charge in [0.2, 0.25) is 5.91 Å². The number of hydrogen-bond donors (Lipinski definition) is 3. The standard InChI is InChI=1S/C19H27N5OS.HI/c1-4-7-17(25)24-16-9-6-8-15(10-16)12-22-19(20-5-2)23-13-18-21-11-14(3)26-18;/h6,8-11H,4-5,7,12-13H2,1-3H3,(H,24,25)(H2,20,22,23);1H. The van der Waals surface area contributed by atoms with E-state index in [1.807, 2.05) is 51.2 Å². The van der Waals surface area contributed by atoms with Gasteiger partial charge in [-0.3, -0.25) is 4.79 Å². The van der Waals surface area contributed by atoms with Crippen LogP contribution in [0.4, 0.5) is 5.69 Å². The number of amides is 1. The first-order valence-corrected chi connectivity index (χ1v) is 9.74. The Bertz CT molecular complexity index is 747. The van der Waals surface area contributed by atoms with Crippen molar-refractivity contribution in [2.75, 3.05) is 11.9 Å². The van der Waals surface area contributed by atoms with Crippen molar-refractivity contribution in [2.24, 2.45) is 4.99 Å². The Morgan fingerprint density at radius 1 is 1.26 bits per heavy atom. The highest BCUT2D eigenvalue weighted by Gasteiger charge is 2.03. The van der Waals surface area contributed by atoms with Crippen LogP contribution in [0.5, 0.6) is 0 Å². The third-order valence-electron chi connectivity index (χ3n) is 3.53. The quantitative estimate of drug-likeness (QED) is 0.290. The number of aliphatic imine (C=N–C) groups is 1. The second-order valence-corrected chi connectivity index (χ2v) is 7.23. The number of aryl methyl sites for hydroxylation is 1. The van der Waals surface area contributed by atoms with E-state index >= 15 is 0 Å². The molecule has 1 heterocycles. The number of benzene rings is 1. The second kappa shape index (κ2) is 12.7. The first-order valence-electron chi connectivity index (χ1n) is 8.93. The van der Waals surface area contributed by atoms with Crippen LogP contribution in [0.2, 0.25) is 0 Å². The lowest BCUT2D eigenvalue weighted by molar-refractivity contribution is -0.116. The van der Waals surface area contributed by atoms with E-state index in [1.54, 1.807) is 11.3 Å². The van der Waals surface area contributed by atoms with Gasteiger partial charge < -0.3 is 16.0 Å². The van der Waals surface area contributed by atoms with Gasteiger partial charge in [-0.1, -0.05) is 19.1 Å². The van der Waals surface area contributed by atoms with Crippen molar-refractivity contribution in [3.63, 3.8) is 0 Å². The van der Waals surface area contributed by atoms with Crippen molar-refractivity contribution >= 4 is 52.9 Å². The number of anilines is 1. The molecule has 1 aromatic carbocycles. The average Bonchev–Trinajstić information content (AvgIpc) is 3.03. The van der Waals surface area contributed by atoms with Crippen molar-refractivity contribution in [3.05, 3.63) is 45.9 Å². The predicted molar refractivity (Wildman–Crippen MR) is 124 cm³/mol. The third-order valence-corrected chi connectivity index (χ3v) is 4.44. The number of thiazole rings is 1. The van der Waals surface area contributed by atoms with E-state index in [9.17, 15) is 4.79 Å². The molecule has 2 aromatic rings. The monoisotopic (exact) mass is 501 g/mol. The fourth-order valence-corrected chi connectivity index (χ4v) is 3.08. The third kappa shape index (κ3) is 8.70. The van der Waals surface area contributed by atoms with Gasteiger partial charge in [0, 0.05) is 29.7 Å². The summed E-state index contributed by atoms with van der Waals surface area (Å²) in [7, 11) is 0. The molecule has 0 bridgehead atoms. The summed E-state index contributed by atoms with van der Waals surface area (Å²) in [6, 6.07) is 7.80. The summed E-state index contributed by atoms with van der Waals surface area (Å²) < 4.78 is 0. The number of halogens is 1. The number of aromatic nitrogens is 1. The van der Waals surface area contributed by atoms with Crippen LogP contribution < -0.4 is 16.0 Å². The Morgan fingerprint density at radius 2 is 2.07 bits per heavy atom. The van der Waals surface area contributed by atoms with Crippen molar-refractivity contribution in [1.29, 1.82) is 0 Å². The second-order valence-electron chi connectivity index (χ2n) is 5.91. The van der Waals surface area contributed by atoms with Crippen LogP contribution in [0.3, 0.4) is 0 Å². The highest BCUT2D eigenvalue weighted by atomic mass is 127. The van der Waals surface area contributed by atoms with Crippen LogP contribution in [-0.4, -0.2) is 23.4 Å². The Morgan fingerprint density at radius 3 is 2.74 bits per heavy atom. The predicted octanol–water partition coefficient (Wildman–Crippen LogP) is 4.06. The first-order chi connectivity index (χ1) is 12.6. The van der Waals surface area contributed by atoms with Crippen LogP contribution >= 0.6 is 35.3 Å². The lowest BCUT2D eigenvalue weighted by Crippen LogP contribution is -2.36. The number of nitrogens with one attached hydrogen (secondary N) is 3. The number of nitrogens with zero attached hydrogens (tertiary/aromatic N) is 2. The van der Waals surface area contributed by atoms with Crippen LogP contribution in [0.15, 0.2) is 35.5 Å². The highest BCUT2D eigenvalue weighted by molar-refractivity contribution is 14.0. The minimum atomic E-state index is 0. The molecule has 0 aliphatic rings. The smallest absolute Gasteiger partial charge is 0.224 e. The summed E-state index contributed by atoms with van der Waals surface area (Å²) in [5, 5.41) is 10.5. The number of hydrogen-bond acceptors (Lipinski definition) is 4. The van der Waals surface area contributed by atoms with Crippen LogP contribution in [-0.2, 0) is 17.9 Å². The summed E-state index contributed by atoms with van der Waals surface area (Å²) in [6.45, 7) is 8.05. The molecule has 0 atom stereocenters. The molecule has 0 unspecified atom stereocenters. The molecule has 6 nitrogen and oxygen atoms in total.